The molecular weight excluding hydrogens is 611 g/mol. The van der Waals surface area contributed by atoms with Gasteiger partial charge in [-0.2, -0.15) is 4.98 Å². The number of nitrogens with zero attached hydrogens (tertiary/aromatic N) is 6. The fourth-order valence-corrected chi connectivity index (χ4v) is 6.62. The van der Waals surface area contributed by atoms with E-state index in [0.29, 0.717) is 0 Å². The fraction of sp³-hybridized carbons (Fsp3) is 0.500. The summed E-state index contributed by atoms with van der Waals surface area (Å²) in [5.41, 5.74) is 1.55. The van der Waals surface area contributed by atoms with E-state index in [1.807, 2.05) is 0 Å². The Balaban J connectivity index is 1.10. The van der Waals surface area contributed by atoms with E-state index in [2.05, 4.69) is 29.9 Å². The molecule has 3 fully saturated rings. The molecule has 3 aliphatic rings. The minimum absolute atomic E-state index is 0.000831. The van der Waals surface area contributed by atoms with Crippen molar-refractivity contribution in [3.63, 3.8) is 0 Å². The number of aromatic nitrogens is 8. The predicted octanol–water partition coefficient (Wildman–Crippen LogP) is -1.97. The van der Waals surface area contributed by atoms with E-state index in [1.165, 1.54) is 0 Å². The van der Waals surface area contributed by atoms with Gasteiger partial charge >= 0.3 is 6.72 Å². The normalized spacial score (nSPS) is 35.5. The lowest BCUT2D eigenvalue weighted by atomic mass is 10.1. The van der Waals surface area contributed by atoms with Crippen molar-refractivity contribution in [2.45, 2.75) is 54.8 Å². The van der Waals surface area contributed by atoms with Crippen molar-refractivity contribution in [2.24, 2.45) is 0 Å². The average Bonchev–Trinajstić information content (AvgIpc) is 3.47. The number of hydrogen-bond acceptors (Lipinski definition) is 14. The summed E-state index contributed by atoms with van der Waals surface area (Å²) < 4.78 is 55.0. The first-order chi connectivity index (χ1) is 19.9. The van der Waals surface area contributed by atoms with Gasteiger partial charge in [0, 0.05) is 0 Å². The zero-order valence-electron chi connectivity index (χ0n) is 20.7. The summed E-state index contributed by atoms with van der Waals surface area (Å²) in [5, 5.41) is 20.6. The molecule has 224 valence electrons. The monoisotopic (exact) mass is 631 g/mol. The number of alkyl halides is 2. The summed E-state index contributed by atoms with van der Waals surface area (Å²) in [4.78, 5) is 55.3. The summed E-state index contributed by atoms with van der Waals surface area (Å²) >= 11 is 5.06. The molecule has 2 aliphatic heterocycles. The van der Waals surface area contributed by atoms with Gasteiger partial charge in [0.25, 0.3) is 11.1 Å². The first-order valence-corrected chi connectivity index (χ1v) is 14.8. The summed E-state index contributed by atoms with van der Waals surface area (Å²) in [6.45, 7) is -5.10. The van der Waals surface area contributed by atoms with E-state index in [4.69, 9.17) is 36.1 Å². The molecule has 0 amide bonds. The van der Waals surface area contributed by atoms with Gasteiger partial charge in [0.15, 0.2) is 52.7 Å². The van der Waals surface area contributed by atoms with Crippen LogP contribution < -0.4 is 16.9 Å². The van der Waals surface area contributed by atoms with E-state index >= 15 is 8.78 Å². The smallest absolute Gasteiger partial charge is 0.325 e. The molecule has 18 nitrogen and oxygen atoms in total. The Morgan fingerprint density at radius 2 is 1.81 bits per heavy atom. The lowest BCUT2D eigenvalue weighted by molar-refractivity contribution is -0.0794. The van der Waals surface area contributed by atoms with E-state index < -0.39 is 79.3 Å². The molecule has 4 aromatic rings. The van der Waals surface area contributed by atoms with Gasteiger partial charge in [0.2, 0.25) is 5.95 Å². The summed E-state index contributed by atoms with van der Waals surface area (Å²) in [5.74, 6) is -0.258. The third-order valence-electron chi connectivity index (χ3n) is 7.35. The Hall–Kier alpha value is -3.27. The van der Waals surface area contributed by atoms with Crippen molar-refractivity contribution < 1.29 is 42.4 Å². The first kappa shape index (κ1) is 27.6. The van der Waals surface area contributed by atoms with Crippen molar-refractivity contribution in [3.05, 3.63) is 39.7 Å². The molecule has 4 aromatic heterocycles. The van der Waals surface area contributed by atoms with Crippen LogP contribution in [-0.2, 0) is 30.3 Å². The molecule has 1 saturated carbocycles. The molecule has 22 heteroatoms. The second kappa shape index (κ2) is 9.36. The fourth-order valence-electron chi connectivity index (χ4n) is 5.21. The Morgan fingerprint density at radius 1 is 1.12 bits per heavy atom. The zero-order chi connectivity index (χ0) is 29.7. The molecule has 0 spiro atoms. The summed E-state index contributed by atoms with van der Waals surface area (Å²) in [7, 11) is 0. The highest BCUT2D eigenvalue weighted by atomic mass is 32.5. The van der Waals surface area contributed by atoms with Gasteiger partial charge in [-0.1, -0.05) is 0 Å². The van der Waals surface area contributed by atoms with Crippen LogP contribution in [0.3, 0.4) is 0 Å². The van der Waals surface area contributed by atoms with Gasteiger partial charge < -0.3 is 39.8 Å². The maximum atomic E-state index is 15.7. The van der Waals surface area contributed by atoms with Crippen LogP contribution in [0, 0.1) is 0 Å². The molecule has 2 unspecified atom stereocenters. The summed E-state index contributed by atoms with van der Waals surface area (Å²) in [6.07, 6.45) is -9.52. The highest BCUT2D eigenvalue weighted by Crippen LogP contribution is 2.62. The van der Waals surface area contributed by atoms with Crippen molar-refractivity contribution >= 4 is 46.8 Å². The van der Waals surface area contributed by atoms with E-state index in [0.717, 1.165) is 28.1 Å². The quantitative estimate of drug-likeness (QED) is 0.121. The Bertz CT molecular complexity index is 1890. The maximum Gasteiger partial charge on any atom is 0.325 e. The number of ether oxygens (including phenoxy) is 2. The van der Waals surface area contributed by atoms with Gasteiger partial charge in [-0.25, -0.2) is 23.7 Å². The third-order valence-corrected chi connectivity index (χ3v) is 8.90. The minimum atomic E-state index is -4.40. The molecule has 2 saturated heterocycles. The van der Waals surface area contributed by atoms with E-state index in [9.17, 15) is 24.7 Å². The largest absolute Gasteiger partial charge is 0.387 e. The Morgan fingerprint density at radius 3 is 2.55 bits per heavy atom. The van der Waals surface area contributed by atoms with Gasteiger partial charge in [0.05, 0.1) is 25.6 Å². The average molecular weight is 631 g/mol. The van der Waals surface area contributed by atoms with Gasteiger partial charge in [0.1, 0.15) is 24.4 Å². The number of halogens is 2. The number of nitrogens with one attached hydrogen (secondary N) is 2. The molecule has 6 heterocycles. The number of hydrogen-bond donors (Lipinski definition) is 6. The highest BCUT2D eigenvalue weighted by Gasteiger charge is 2.80. The number of imidazole rings is 2. The van der Waals surface area contributed by atoms with Gasteiger partial charge in [-0.3, -0.25) is 28.2 Å². The van der Waals surface area contributed by atoms with Gasteiger partial charge in [-0.05, 0) is 11.8 Å². The molecule has 0 bridgehead atoms. The molecule has 1 aliphatic carbocycles. The number of fused-ring (bicyclic) bond motifs is 3. The Kier molecular flexibility index (Phi) is 6.14. The molecule has 7 rings (SSSR count). The van der Waals surface area contributed by atoms with Crippen LogP contribution >= 0.6 is 6.72 Å². The van der Waals surface area contributed by atoms with Crippen LogP contribution in [0.4, 0.5) is 14.7 Å². The highest BCUT2D eigenvalue weighted by molar-refractivity contribution is 8.07. The predicted molar refractivity (Wildman–Crippen MR) is 137 cm³/mol. The number of anilines is 1. The van der Waals surface area contributed by atoms with Crippen LogP contribution in [0.5, 0.6) is 0 Å². The van der Waals surface area contributed by atoms with Crippen LogP contribution in [0.2, 0.25) is 0 Å². The van der Waals surface area contributed by atoms with Crippen LogP contribution in [0.1, 0.15) is 12.5 Å². The molecule has 0 aromatic carbocycles. The molecule has 42 heavy (non-hydrogen) atoms. The number of aliphatic hydroxyl groups is 2. The van der Waals surface area contributed by atoms with E-state index in [1.54, 1.807) is 0 Å². The zero-order valence-corrected chi connectivity index (χ0v) is 22.4. The number of aromatic amines is 2. The minimum Gasteiger partial charge on any atom is -0.387 e. The van der Waals surface area contributed by atoms with Crippen molar-refractivity contribution in [3.8, 4) is 0 Å². The standard InChI is InChI=1S/C20H20F2N9O9PS/c21-6-9(32)5(38-17(6)30-3-26-7-13(30)24-2-25-15(7)34)1-37-41(36,42)40-12-18(39-11-10(33)20(11,12)22)31-4-27-8-14(31)28-19(23)29-16(8)35/h2-6,9-12,17-18,32-33H,1H2,(H,36,42)(H,24,25,34)(H3,23,28,29,35)/t5-,6+,9-,10?,11-,12+,17-,18-,20-,41?/m1/s1. The number of rotatable bonds is 7. The van der Waals surface area contributed by atoms with Crippen LogP contribution in [-0.4, -0.2) is 103 Å². The van der Waals surface area contributed by atoms with Crippen molar-refractivity contribution in [2.75, 3.05) is 12.3 Å². The molecule has 7 N–H and O–H groups in total. The lowest BCUT2D eigenvalue weighted by Gasteiger charge is -2.29. The Labute approximate surface area is 235 Å². The second-order valence-electron chi connectivity index (χ2n) is 9.84. The van der Waals surface area contributed by atoms with Crippen LogP contribution in [0.15, 0.2) is 28.6 Å². The number of aliphatic hydroxyl groups excluding tert-OH is 2. The topological polar surface area (TPSA) is 251 Å². The summed E-state index contributed by atoms with van der Waals surface area (Å²) in [6, 6.07) is 0. The number of nitrogen functional groups attached to an aromatic ring is 1. The maximum absolute atomic E-state index is 15.7. The third kappa shape index (κ3) is 4.04. The van der Waals surface area contributed by atoms with E-state index in [-0.39, 0.29) is 28.3 Å². The molecule has 0 radical (unpaired) electrons. The molecular formula is C20H20F2N9O9PS. The lowest BCUT2D eigenvalue weighted by Crippen LogP contribution is -2.36. The molecule has 10 atom stereocenters. The van der Waals surface area contributed by atoms with Gasteiger partial charge in [-0.15, -0.1) is 0 Å². The number of nitrogens with two attached hydrogens (primary N) is 1. The van der Waals surface area contributed by atoms with Crippen LogP contribution in [0.25, 0.3) is 22.3 Å². The second-order valence-corrected chi connectivity index (χ2v) is 12.6. The van der Waals surface area contributed by atoms with Crippen molar-refractivity contribution in [1.29, 1.82) is 0 Å². The number of H-pyrrole nitrogens is 2. The first-order valence-electron chi connectivity index (χ1n) is 12.2. The van der Waals surface area contributed by atoms with Crippen molar-refractivity contribution in [1.82, 2.24) is 39.0 Å². The SMILES string of the molecule is Nc1nc2c(ncn2[C@@H]2O[C@@H]3C(O)[C@]3(F)[C@H]2OP(O)(=S)OC[C@H]2O[C@@H](n3cnc4c(=O)[nH]cnc43)[C@@H](F)[C@@H]2O)c(=O)[nH]1.